The van der Waals surface area contributed by atoms with Gasteiger partial charge in [-0.15, -0.1) is 0 Å². The van der Waals surface area contributed by atoms with Gasteiger partial charge in [-0.05, 0) is 18.6 Å². The highest BCUT2D eigenvalue weighted by Gasteiger charge is 2.38. The van der Waals surface area contributed by atoms with Crippen LogP contribution in [0.25, 0.3) is 0 Å². The van der Waals surface area contributed by atoms with Crippen molar-refractivity contribution in [3.63, 3.8) is 0 Å². The zero-order valence-corrected chi connectivity index (χ0v) is 12.7. The van der Waals surface area contributed by atoms with E-state index in [4.69, 9.17) is 9.84 Å². The molecule has 0 spiro atoms. The number of carboxylic acid groups (broad SMARTS) is 1. The molecule has 1 aliphatic carbocycles. The zero-order chi connectivity index (χ0) is 16.3. The van der Waals surface area contributed by atoms with E-state index < -0.39 is 39.0 Å². The number of carboxylic acids is 1. The van der Waals surface area contributed by atoms with Crippen molar-refractivity contribution in [1.82, 2.24) is 0 Å². The van der Waals surface area contributed by atoms with E-state index in [0.29, 0.717) is 0 Å². The summed E-state index contributed by atoms with van der Waals surface area (Å²) in [6.07, 6.45) is 1.66. The molecule has 0 aromatic heterocycles. The third-order valence-corrected chi connectivity index (χ3v) is 5.55. The van der Waals surface area contributed by atoms with Crippen molar-refractivity contribution in [2.75, 3.05) is 0 Å². The van der Waals surface area contributed by atoms with Crippen LogP contribution in [0, 0.1) is 5.92 Å². The van der Waals surface area contributed by atoms with Gasteiger partial charge in [0.1, 0.15) is 0 Å². The maximum atomic E-state index is 12.5. The van der Waals surface area contributed by atoms with Crippen LogP contribution < -0.4 is 0 Å². The molecule has 22 heavy (non-hydrogen) atoms. The molecule has 7 heteroatoms. The fraction of sp³-hybridized carbons (Fsp3) is 0.333. The molecule has 2 rings (SSSR count). The Morgan fingerprint density at radius 1 is 1.23 bits per heavy atom. The number of ether oxygens (including phenoxy) is 1. The Hall–Kier alpha value is -2.15. The monoisotopic (exact) mass is 324 g/mol. The lowest BCUT2D eigenvalue weighted by molar-refractivity contribution is -0.165. The molecule has 0 amide bonds. The predicted octanol–water partition coefficient (Wildman–Crippen LogP) is 1.42. The van der Waals surface area contributed by atoms with Gasteiger partial charge in [-0.25, -0.2) is 13.2 Å². The second-order valence-electron chi connectivity index (χ2n) is 5.05. The minimum Gasteiger partial charge on any atom is -0.478 e. The van der Waals surface area contributed by atoms with Gasteiger partial charge in [0.25, 0.3) is 0 Å². The van der Waals surface area contributed by atoms with E-state index in [1.807, 2.05) is 0 Å². The van der Waals surface area contributed by atoms with Crippen molar-refractivity contribution in [1.29, 1.82) is 0 Å². The van der Waals surface area contributed by atoms with Crippen molar-refractivity contribution >= 4 is 21.8 Å². The van der Waals surface area contributed by atoms with Gasteiger partial charge < -0.3 is 9.84 Å². The second kappa shape index (κ2) is 6.31. The number of hydrogen-bond donors (Lipinski definition) is 1. The molecule has 0 unspecified atom stereocenters. The largest absolute Gasteiger partial charge is 0.478 e. The van der Waals surface area contributed by atoms with Crippen LogP contribution in [0.15, 0.2) is 47.4 Å². The number of aliphatic carboxylic acids is 1. The lowest BCUT2D eigenvalue weighted by Crippen LogP contribution is -2.33. The molecule has 0 aliphatic heterocycles. The number of carbonyl (C=O) groups is 2. The van der Waals surface area contributed by atoms with E-state index >= 15 is 0 Å². The molecule has 0 bridgehead atoms. The highest BCUT2D eigenvalue weighted by Crippen LogP contribution is 2.31. The summed E-state index contributed by atoms with van der Waals surface area (Å²) < 4.78 is 29.8. The van der Waals surface area contributed by atoms with Crippen LogP contribution in [0.4, 0.5) is 0 Å². The molecular weight excluding hydrogens is 308 g/mol. The number of esters is 1. The van der Waals surface area contributed by atoms with Gasteiger partial charge >= 0.3 is 11.9 Å². The van der Waals surface area contributed by atoms with Crippen LogP contribution in [0.3, 0.4) is 0 Å². The van der Waals surface area contributed by atoms with E-state index in [0.717, 1.165) is 6.92 Å². The maximum absolute atomic E-state index is 12.5. The average Bonchev–Trinajstić information content (AvgIpc) is 2.95. The molecule has 0 heterocycles. The lowest BCUT2D eigenvalue weighted by Gasteiger charge is -2.19. The molecule has 3 atom stereocenters. The molecule has 1 aliphatic rings. The van der Waals surface area contributed by atoms with Crippen LogP contribution in [0.2, 0.25) is 0 Å². The van der Waals surface area contributed by atoms with Crippen LogP contribution in [-0.2, 0) is 24.2 Å². The first-order valence-corrected chi connectivity index (χ1v) is 8.24. The van der Waals surface area contributed by atoms with Gasteiger partial charge in [0.05, 0.1) is 10.1 Å². The van der Waals surface area contributed by atoms with Gasteiger partial charge in [0, 0.05) is 12.8 Å². The SMILES string of the molecule is CC(=O)O[C@H](C(=O)O)[C@@H]1C=C[C@H](S(=O)(=O)c2ccccc2)C1. The van der Waals surface area contributed by atoms with E-state index in [-0.39, 0.29) is 11.3 Å². The summed E-state index contributed by atoms with van der Waals surface area (Å²) >= 11 is 0. The van der Waals surface area contributed by atoms with Gasteiger partial charge in [-0.2, -0.15) is 0 Å². The Kier molecular flexibility index (Phi) is 4.65. The van der Waals surface area contributed by atoms with Crippen LogP contribution in [-0.4, -0.2) is 36.8 Å². The fourth-order valence-electron chi connectivity index (χ4n) is 2.43. The summed E-state index contributed by atoms with van der Waals surface area (Å²) in [5.74, 6) is -2.66. The number of benzene rings is 1. The van der Waals surface area contributed by atoms with Crippen molar-refractivity contribution in [2.24, 2.45) is 5.92 Å². The van der Waals surface area contributed by atoms with Gasteiger partial charge in [-0.1, -0.05) is 30.4 Å². The van der Waals surface area contributed by atoms with E-state index in [2.05, 4.69) is 0 Å². The first kappa shape index (κ1) is 16.2. The summed E-state index contributed by atoms with van der Waals surface area (Å²) in [5, 5.41) is 8.31. The Morgan fingerprint density at radius 3 is 2.41 bits per heavy atom. The molecule has 1 N–H and O–H groups in total. The molecule has 0 saturated heterocycles. The minimum absolute atomic E-state index is 0.0709. The van der Waals surface area contributed by atoms with Crippen molar-refractivity contribution in [2.45, 2.75) is 29.6 Å². The summed E-state index contributed by atoms with van der Waals surface area (Å²) in [5.41, 5.74) is 0. The summed E-state index contributed by atoms with van der Waals surface area (Å²) in [6, 6.07) is 7.96. The van der Waals surface area contributed by atoms with Gasteiger partial charge in [0.15, 0.2) is 9.84 Å². The van der Waals surface area contributed by atoms with Crippen LogP contribution in [0.5, 0.6) is 0 Å². The molecular formula is C15H16O6S. The summed E-state index contributed by atoms with van der Waals surface area (Å²) in [6.45, 7) is 1.12. The Labute approximate surface area is 128 Å². The zero-order valence-electron chi connectivity index (χ0n) is 11.9. The van der Waals surface area contributed by atoms with Crippen molar-refractivity contribution in [3.05, 3.63) is 42.5 Å². The van der Waals surface area contributed by atoms with E-state index in [9.17, 15) is 18.0 Å². The van der Waals surface area contributed by atoms with Gasteiger partial charge in [0.2, 0.25) is 6.10 Å². The molecule has 1 aromatic carbocycles. The normalized spacial score (nSPS) is 22.2. The topological polar surface area (TPSA) is 97.7 Å². The number of carbonyl (C=O) groups excluding carboxylic acids is 1. The third-order valence-electron chi connectivity index (χ3n) is 3.47. The molecule has 0 fully saturated rings. The Bertz CT molecular complexity index is 692. The highest BCUT2D eigenvalue weighted by atomic mass is 32.2. The van der Waals surface area contributed by atoms with E-state index in [1.165, 1.54) is 24.3 Å². The van der Waals surface area contributed by atoms with Crippen molar-refractivity contribution in [3.8, 4) is 0 Å². The maximum Gasteiger partial charge on any atom is 0.345 e. The quantitative estimate of drug-likeness (QED) is 0.650. The molecule has 1 aromatic rings. The highest BCUT2D eigenvalue weighted by molar-refractivity contribution is 7.92. The Balaban J connectivity index is 2.18. The molecule has 0 radical (unpaired) electrons. The average molecular weight is 324 g/mol. The number of rotatable bonds is 5. The summed E-state index contributed by atoms with van der Waals surface area (Å²) in [7, 11) is -3.58. The number of sulfone groups is 1. The Morgan fingerprint density at radius 2 is 1.86 bits per heavy atom. The van der Waals surface area contributed by atoms with Gasteiger partial charge in [-0.3, -0.25) is 4.79 Å². The summed E-state index contributed by atoms with van der Waals surface area (Å²) in [4.78, 5) is 22.4. The molecule has 118 valence electrons. The van der Waals surface area contributed by atoms with Crippen molar-refractivity contribution < 1.29 is 27.9 Å². The second-order valence-corrected chi connectivity index (χ2v) is 7.22. The third kappa shape index (κ3) is 3.36. The minimum atomic E-state index is -3.58. The van der Waals surface area contributed by atoms with E-state index in [1.54, 1.807) is 18.2 Å². The predicted molar refractivity (Wildman–Crippen MR) is 77.9 cm³/mol. The van der Waals surface area contributed by atoms with Crippen LogP contribution >= 0.6 is 0 Å². The number of hydrogen-bond acceptors (Lipinski definition) is 5. The standard InChI is InChI=1S/C15H16O6S/c1-10(16)21-14(15(17)18)11-7-8-13(9-11)22(19,20)12-5-3-2-4-6-12/h2-8,11,13-14H,9H2,1H3,(H,17,18)/t11-,13+,14+/m1/s1. The fourth-order valence-corrected chi connectivity index (χ4v) is 4.09. The molecule has 6 nitrogen and oxygen atoms in total. The lowest BCUT2D eigenvalue weighted by atomic mass is 10.0. The molecule has 0 saturated carbocycles. The van der Waals surface area contributed by atoms with Crippen LogP contribution in [0.1, 0.15) is 13.3 Å². The first-order chi connectivity index (χ1) is 10.3. The smallest absolute Gasteiger partial charge is 0.345 e. The first-order valence-electron chi connectivity index (χ1n) is 6.69.